The van der Waals surface area contributed by atoms with Gasteiger partial charge in [-0.1, -0.05) is 80.2 Å². The lowest BCUT2D eigenvalue weighted by molar-refractivity contribution is -0.474. The molecule has 0 aromatic heterocycles. The van der Waals surface area contributed by atoms with E-state index in [4.69, 9.17) is 7.85 Å². The Morgan fingerprint density at radius 3 is 2.39 bits per heavy atom. The summed E-state index contributed by atoms with van der Waals surface area (Å²) in [5, 5.41) is 0. The summed E-state index contributed by atoms with van der Waals surface area (Å²) in [5.41, 5.74) is 4.34. The van der Waals surface area contributed by atoms with Gasteiger partial charge in [0.25, 0.3) is 0 Å². The number of hydrogen-bond acceptors (Lipinski definition) is 0. The van der Waals surface area contributed by atoms with Crippen molar-refractivity contribution < 1.29 is 0 Å². The van der Waals surface area contributed by atoms with Crippen molar-refractivity contribution in [3.63, 3.8) is 0 Å². The Morgan fingerprint density at radius 2 is 1.86 bits per heavy atom. The summed E-state index contributed by atoms with van der Waals surface area (Å²) in [4.78, 5) is 0. The Balaban J connectivity index is 1.58. The lowest BCUT2D eigenvalue weighted by Gasteiger charge is -2.95. The van der Waals surface area contributed by atoms with Crippen LogP contribution in [0, 0.1) is 50.7 Å². The second kappa shape index (κ2) is 5.74. The molecule has 0 nitrogen and oxygen atoms in total. The van der Waals surface area contributed by atoms with E-state index in [2.05, 4.69) is 75.9 Å². The fourth-order valence-electron chi connectivity index (χ4n) is 11.5. The summed E-state index contributed by atoms with van der Waals surface area (Å²) >= 11 is 2.67. The minimum absolute atomic E-state index is 0.246. The molecule has 2 bridgehead atoms. The Morgan fingerprint density at radius 1 is 1.18 bits per heavy atom. The summed E-state index contributed by atoms with van der Waals surface area (Å²) in [6.45, 7) is 16.8. The van der Waals surface area contributed by atoms with E-state index < -0.39 is 0 Å². The molecular weight excluding hydrogens is 450 g/mol. The summed E-state index contributed by atoms with van der Waals surface area (Å²) in [6, 6.07) is 0. The molecule has 10 atom stereocenters. The van der Waals surface area contributed by atoms with Crippen LogP contribution in [0.25, 0.3) is 0 Å². The van der Waals surface area contributed by atoms with Gasteiger partial charge in [0.1, 0.15) is 0 Å². The van der Waals surface area contributed by atoms with E-state index in [0.29, 0.717) is 33.0 Å². The number of hydrogen-bond donors (Lipinski definition) is 0. The SMILES string of the molecule is [B][C@H](CC)/C(=C\C)CC1CC23C4CC2(CC)C2(C)C(CI)CC23C(C=C)C14C. The van der Waals surface area contributed by atoms with Crippen LogP contribution in [0.4, 0.5) is 0 Å². The number of alkyl halides is 1. The standard InChI is InChI=1S/C26H38BI/c1-7-16(19(27)8-2)11-17-12-26-21-14-24(26,10-4)23(6)18(15-28)13-25(23,26)20(9-3)22(17,21)5/h7,9,17-21H,3,8,10-15H2,1-2,4-6H3/b16-7-/t17?,18?,19-,20?,21?,22?,23?,24?,25?,26?/m1/s1. The summed E-state index contributed by atoms with van der Waals surface area (Å²) in [7, 11) is 6.51. The Labute approximate surface area is 188 Å². The maximum Gasteiger partial charge on any atom is 0.0758 e. The molecule has 5 aliphatic carbocycles. The molecule has 5 aliphatic rings. The van der Waals surface area contributed by atoms with Gasteiger partial charge < -0.3 is 0 Å². The molecule has 0 N–H and O–H groups in total. The molecule has 0 saturated heterocycles. The van der Waals surface area contributed by atoms with Crippen molar-refractivity contribution >= 4 is 30.4 Å². The molecule has 0 amide bonds. The predicted octanol–water partition coefficient (Wildman–Crippen LogP) is 7.40. The molecule has 5 fully saturated rings. The Kier molecular flexibility index (Phi) is 4.14. The van der Waals surface area contributed by atoms with E-state index in [9.17, 15) is 0 Å². The van der Waals surface area contributed by atoms with Crippen molar-refractivity contribution in [2.75, 3.05) is 4.43 Å². The van der Waals surface area contributed by atoms with Crippen LogP contribution in [0.3, 0.4) is 0 Å². The first-order valence-electron chi connectivity index (χ1n) is 11.9. The molecule has 5 rings (SSSR count). The highest BCUT2D eigenvalue weighted by atomic mass is 127. The van der Waals surface area contributed by atoms with Gasteiger partial charge in [0.15, 0.2) is 0 Å². The van der Waals surface area contributed by atoms with Crippen LogP contribution >= 0.6 is 22.6 Å². The number of fused-ring (bicyclic) bond motifs is 1. The summed E-state index contributed by atoms with van der Waals surface area (Å²) in [5.74, 6) is 3.63. The molecule has 28 heavy (non-hydrogen) atoms. The smallest absolute Gasteiger partial charge is 0.0758 e. The number of rotatable bonds is 7. The molecule has 2 radical (unpaired) electrons. The molecule has 152 valence electrons. The maximum atomic E-state index is 6.51. The molecular formula is C26H38BI. The maximum absolute atomic E-state index is 6.51. The van der Waals surface area contributed by atoms with E-state index in [0.717, 1.165) is 24.2 Å². The van der Waals surface area contributed by atoms with Crippen LogP contribution in [0.15, 0.2) is 24.3 Å². The third-order valence-corrected chi connectivity index (χ3v) is 13.4. The highest BCUT2D eigenvalue weighted by Gasteiger charge is 3.03. The second-order valence-electron chi connectivity index (χ2n) is 11.5. The van der Waals surface area contributed by atoms with Crippen molar-refractivity contribution in [2.45, 2.75) is 79.0 Å². The number of allylic oxidation sites excluding steroid dienone is 3. The van der Waals surface area contributed by atoms with E-state index in [-0.39, 0.29) is 5.82 Å². The topological polar surface area (TPSA) is 0 Å². The van der Waals surface area contributed by atoms with Crippen LogP contribution in [0.2, 0.25) is 5.82 Å². The minimum atomic E-state index is 0.246. The molecule has 5 saturated carbocycles. The van der Waals surface area contributed by atoms with E-state index in [1.165, 1.54) is 42.1 Å². The lowest BCUT2D eigenvalue weighted by atomic mass is 9.09. The molecule has 0 heterocycles. The molecule has 0 aliphatic heterocycles. The molecule has 0 aromatic carbocycles. The van der Waals surface area contributed by atoms with Gasteiger partial charge in [0.2, 0.25) is 0 Å². The van der Waals surface area contributed by atoms with Gasteiger partial charge in [-0.05, 0) is 89.8 Å². The predicted molar refractivity (Wildman–Crippen MR) is 129 cm³/mol. The van der Waals surface area contributed by atoms with E-state index in [1.54, 1.807) is 0 Å². The van der Waals surface area contributed by atoms with Gasteiger partial charge >= 0.3 is 0 Å². The Hall–Kier alpha value is 0.275. The van der Waals surface area contributed by atoms with Crippen molar-refractivity contribution in [1.29, 1.82) is 0 Å². The van der Waals surface area contributed by atoms with Crippen molar-refractivity contribution in [1.82, 2.24) is 0 Å². The normalized spacial score (nSPS) is 58.9. The van der Waals surface area contributed by atoms with Crippen LogP contribution < -0.4 is 0 Å². The summed E-state index contributed by atoms with van der Waals surface area (Å²) < 4.78 is 1.34. The van der Waals surface area contributed by atoms with Crippen molar-refractivity contribution in [3.05, 3.63) is 24.3 Å². The summed E-state index contributed by atoms with van der Waals surface area (Å²) in [6.07, 6.45) is 12.9. The van der Waals surface area contributed by atoms with Gasteiger partial charge in [0.05, 0.1) is 7.85 Å². The van der Waals surface area contributed by atoms with Gasteiger partial charge in [-0.2, -0.15) is 0 Å². The minimum Gasteiger partial charge on any atom is -0.103 e. The van der Waals surface area contributed by atoms with Gasteiger partial charge in [-0.25, -0.2) is 0 Å². The van der Waals surface area contributed by atoms with Gasteiger partial charge in [-0.3, -0.25) is 0 Å². The monoisotopic (exact) mass is 488 g/mol. The second-order valence-corrected chi connectivity index (χ2v) is 12.3. The quantitative estimate of drug-likeness (QED) is 0.152. The zero-order chi connectivity index (χ0) is 20.3. The van der Waals surface area contributed by atoms with Crippen molar-refractivity contribution in [3.8, 4) is 0 Å². The third kappa shape index (κ3) is 1.49. The van der Waals surface area contributed by atoms with Crippen molar-refractivity contribution in [2.24, 2.45) is 50.7 Å². The average molecular weight is 488 g/mol. The third-order valence-electron chi connectivity index (χ3n) is 12.3. The first-order chi connectivity index (χ1) is 13.3. The highest BCUT2D eigenvalue weighted by molar-refractivity contribution is 14.1. The zero-order valence-electron chi connectivity index (χ0n) is 18.7. The zero-order valence-corrected chi connectivity index (χ0v) is 20.8. The van der Waals surface area contributed by atoms with Gasteiger partial charge in [0, 0.05) is 4.43 Å². The molecule has 2 spiro atoms. The van der Waals surface area contributed by atoms with Crippen LogP contribution in [0.5, 0.6) is 0 Å². The van der Waals surface area contributed by atoms with E-state index >= 15 is 0 Å². The van der Waals surface area contributed by atoms with Gasteiger partial charge in [-0.15, -0.1) is 6.58 Å². The van der Waals surface area contributed by atoms with Crippen LogP contribution in [0.1, 0.15) is 73.1 Å². The van der Waals surface area contributed by atoms with E-state index in [1.807, 2.05) is 0 Å². The first-order valence-corrected chi connectivity index (χ1v) is 13.4. The number of halogens is 1. The highest BCUT2D eigenvalue weighted by Crippen LogP contribution is 3.08. The fraction of sp³-hybridized carbons (Fsp3) is 0.846. The largest absolute Gasteiger partial charge is 0.103 e. The fourth-order valence-corrected chi connectivity index (χ4v) is 12.7. The molecule has 0 aromatic rings. The first kappa shape index (κ1) is 20.2. The van der Waals surface area contributed by atoms with Crippen LogP contribution in [-0.2, 0) is 0 Å². The molecule has 9 unspecified atom stereocenters. The van der Waals surface area contributed by atoms with Crippen LogP contribution in [-0.4, -0.2) is 12.3 Å². The lowest BCUT2D eigenvalue weighted by Crippen LogP contribution is -2.90. The Bertz CT molecular complexity index is 758. The molecule has 2 heteroatoms. The average Bonchev–Trinajstić information content (AvgIpc) is 2.95.